The van der Waals surface area contributed by atoms with Crippen LogP contribution in [0.15, 0.2) is 0 Å². The van der Waals surface area contributed by atoms with E-state index in [0.29, 0.717) is 0 Å². The zero-order chi connectivity index (χ0) is 9.52. The van der Waals surface area contributed by atoms with E-state index in [-0.39, 0.29) is 0 Å². The largest absolute Gasteiger partial charge is 0.318 e. The Bertz CT molecular complexity index is 117. The van der Waals surface area contributed by atoms with Crippen LogP contribution in [0.25, 0.3) is 0 Å². The number of rotatable bonds is 5. The molecule has 1 saturated carbocycles. The normalized spacial score (nSPS) is 29.1. The fraction of sp³-hybridized carbons (Fsp3) is 1.00. The quantitative estimate of drug-likeness (QED) is 0.540. The molecule has 13 heavy (non-hydrogen) atoms. The van der Waals surface area contributed by atoms with Crippen molar-refractivity contribution in [2.24, 2.45) is 0 Å². The van der Waals surface area contributed by atoms with Gasteiger partial charge < -0.3 is 16.0 Å². The molecular weight excluding hydrogens is 162 g/mol. The first-order valence-corrected chi connectivity index (χ1v) is 5.42. The molecule has 0 aromatic carbocycles. The average molecular weight is 185 g/mol. The van der Waals surface area contributed by atoms with E-state index in [1.54, 1.807) is 0 Å². The molecule has 3 nitrogen and oxygen atoms in total. The van der Waals surface area contributed by atoms with E-state index in [9.17, 15) is 0 Å². The second-order valence-electron chi connectivity index (χ2n) is 3.89. The number of hydrogen-bond donors (Lipinski definition) is 3. The summed E-state index contributed by atoms with van der Waals surface area (Å²) in [5, 5.41) is 10.1. The molecule has 0 aromatic rings. The Kier molecular flexibility index (Phi) is 5.35. The van der Waals surface area contributed by atoms with Crippen LogP contribution < -0.4 is 16.0 Å². The number of nitrogens with one attached hydrogen (secondary N) is 3. The average Bonchev–Trinajstić information content (AvgIpc) is 2.19. The summed E-state index contributed by atoms with van der Waals surface area (Å²) in [6.45, 7) is 2.18. The van der Waals surface area contributed by atoms with Crippen molar-refractivity contribution >= 4 is 0 Å². The van der Waals surface area contributed by atoms with E-state index in [4.69, 9.17) is 0 Å². The van der Waals surface area contributed by atoms with Crippen molar-refractivity contribution in [3.05, 3.63) is 0 Å². The van der Waals surface area contributed by atoms with Crippen LogP contribution in [-0.2, 0) is 0 Å². The van der Waals surface area contributed by atoms with E-state index in [0.717, 1.165) is 25.2 Å². The van der Waals surface area contributed by atoms with Crippen LogP contribution in [-0.4, -0.2) is 39.3 Å². The summed E-state index contributed by atoms with van der Waals surface area (Å²) < 4.78 is 0. The summed E-state index contributed by atoms with van der Waals surface area (Å²) in [6, 6.07) is 1.53. The van der Waals surface area contributed by atoms with E-state index in [2.05, 4.69) is 23.0 Å². The molecule has 0 unspecified atom stereocenters. The van der Waals surface area contributed by atoms with Gasteiger partial charge in [0, 0.05) is 25.2 Å². The summed E-state index contributed by atoms with van der Waals surface area (Å²) in [7, 11) is 4.07. The molecule has 0 radical (unpaired) electrons. The third kappa shape index (κ3) is 4.07. The van der Waals surface area contributed by atoms with Gasteiger partial charge in [-0.1, -0.05) is 0 Å². The Morgan fingerprint density at radius 3 is 2.08 bits per heavy atom. The molecule has 0 amide bonds. The molecule has 1 fully saturated rings. The van der Waals surface area contributed by atoms with Crippen molar-refractivity contribution in [3.8, 4) is 0 Å². The maximum atomic E-state index is 3.58. The van der Waals surface area contributed by atoms with Crippen LogP contribution in [0, 0.1) is 0 Å². The lowest BCUT2D eigenvalue weighted by Crippen LogP contribution is -2.40. The van der Waals surface area contributed by atoms with Gasteiger partial charge in [-0.2, -0.15) is 0 Å². The van der Waals surface area contributed by atoms with Crippen molar-refractivity contribution in [1.29, 1.82) is 0 Å². The minimum Gasteiger partial charge on any atom is -0.318 e. The van der Waals surface area contributed by atoms with Gasteiger partial charge in [0.15, 0.2) is 0 Å². The first-order chi connectivity index (χ1) is 6.36. The topological polar surface area (TPSA) is 36.1 Å². The molecule has 1 rings (SSSR count). The first kappa shape index (κ1) is 11.0. The van der Waals surface area contributed by atoms with Gasteiger partial charge in [-0.05, 0) is 39.8 Å². The molecule has 0 saturated heterocycles. The van der Waals surface area contributed by atoms with Crippen LogP contribution >= 0.6 is 0 Å². The Hall–Kier alpha value is -0.120. The molecule has 78 valence electrons. The van der Waals surface area contributed by atoms with E-state index < -0.39 is 0 Å². The summed E-state index contributed by atoms with van der Waals surface area (Å²) in [5.41, 5.74) is 0. The smallest absolute Gasteiger partial charge is 0.00792 e. The van der Waals surface area contributed by atoms with Crippen LogP contribution in [0.3, 0.4) is 0 Å². The lowest BCUT2D eigenvalue weighted by molar-refractivity contribution is 0.319. The first-order valence-electron chi connectivity index (χ1n) is 5.42. The third-order valence-corrected chi connectivity index (χ3v) is 2.94. The van der Waals surface area contributed by atoms with Crippen molar-refractivity contribution in [2.75, 3.05) is 27.2 Å². The number of hydrogen-bond acceptors (Lipinski definition) is 3. The molecule has 0 heterocycles. The van der Waals surface area contributed by atoms with Gasteiger partial charge in [0.2, 0.25) is 0 Å². The highest BCUT2D eigenvalue weighted by Gasteiger charge is 2.18. The van der Waals surface area contributed by atoms with Gasteiger partial charge in [0.05, 0.1) is 0 Å². The minimum absolute atomic E-state index is 0.762. The van der Waals surface area contributed by atoms with E-state index in [1.165, 1.54) is 25.7 Å². The van der Waals surface area contributed by atoms with Crippen LogP contribution in [0.4, 0.5) is 0 Å². The Labute approximate surface area is 81.7 Å². The van der Waals surface area contributed by atoms with Crippen molar-refractivity contribution in [3.63, 3.8) is 0 Å². The van der Waals surface area contributed by atoms with Gasteiger partial charge in [-0.15, -0.1) is 0 Å². The van der Waals surface area contributed by atoms with Crippen LogP contribution in [0.2, 0.25) is 0 Å². The molecular formula is C10H23N3. The Balaban J connectivity index is 2.03. The monoisotopic (exact) mass is 185 g/mol. The summed E-state index contributed by atoms with van der Waals surface area (Å²) >= 11 is 0. The predicted molar refractivity (Wildman–Crippen MR) is 57.0 cm³/mol. The molecule has 3 N–H and O–H groups in total. The van der Waals surface area contributed by atoms with Crippen molar-refractivity contribution < 1.29 is 0 Å². The molecule has 0 aromatic heterocycles. The number of likely N-dealkylation sites (N-methyl/N-ethyl adjacent to an activating group) is 1. The second-order valence-corrected chi connectivity index (χ2v) is 3.89. The summed E-state index contributed by atoms with van der Waals surface area (Å²) in [4.78, 5) is 0. The second kappa shape index (κ2) is 6.35. The van der Waals surface area contributed by atoms with Crippen molar-refractivity contribution in [1.82, 2.24) is 16.0 Å². The zero-order valence-corrected chi connectivity index (χ0v) is 8.90. The SMILES string of the molecule is CNCCNC1CCC(NC)CC1. The lowest BCUT2D eigenvalue weighted by Gasteiger charge is -2.28. The molecule has 0 bridgehead atoms. The Morgan fingerprint density at radius 2 is 1.54 bits per heavy atom. The highest BCUT2D eigenvalue weighted by Crippen LogP contribution is 2.17. The van der Waals surface area contributed by atoms with Crippen LogP contribution in [0.1, 0.15) is 25.7 Å². The molecule has 3 heteroatoms. The lowest BCUT2D eigenvalue weighted by atomic mass is 9.91. The fourth-order valence-corrected chi connectivity index (χ4v) is 1.99. The van der Waals surface area contributed by atoms with E-state index >= 15 is 0 Å². The fourth-order valence-electron chi connectivity index (χ4n) is 1.99. The zero-order valence-electron chi connectivity index (χ0n) is 8.90. The standard InChI is InChI=1S/C10H23N3/c1-11-7-8-13-10-5-3-9(12-2)4-6-10/h9-13H,3-8H2,1-2H3. The minimum atomic E-state index is 0.762. The van der Waals surface area contributed by atoms with Crippen molar-refractivity contribution in [2.45, 2.75) is 37.8 Å². The maximum absolute atomic E-state index is 3.58. The van der Waals surface area contributed by atoms with Crippen LogP contribution in [0.5, 0.6) is 0 Å². The molecule has 0 spiro atoms. The van der Waals surface area contributed by atoms with Gasteiger partial charge in [0.1, 0.15) is 0 Å². The molecule has 0 atom stereocenters. The Morgan fingerprint density at radius 1 is 0.923 bits per heavy atom. The summed E-state index contributed by atoms with van der Waals surface area (Å²) in [6.07, 6.45) is 5.31. The highest BCUT2D eigenvalue weighted by molar-refractivity contribution is 4.79. The molecule has 0 aliphatic heterocycles. The van der Waals surface area contributed by atoms with Gasteiger partial charge >= 0.3 is 0 Å². The molecule has 1 aliphatic rings. The molecule has 1 aliphatic carbocycles. The maximum Gasteiger partial charge on any atom is 0.00792 e. The van der Waals surface area contributed by atoms with Gasteiger partial charge in [0.25, 0.3) is 0 Å². The third-order valence-electron chi connectivity index (χ3n) is 2.94. The van der Waals surface area contributed by atoms with Gasteiger partial charge in [-0.3, -0.25) is 0 Å². The highest BCUT2D eigenvalue weighted by atomic mass is 15.0. The summed E-state index contributed by atoms with van der Waals surface area (Å²) in [5.74, 6) is 0. The predicted octanol–water partition coefficient (Wildman–Crippen LogP) is 0.326. The van der Waals surface area contributed by atoms with Gasteiger partial charge in [-0.25, -0.2) is 0 Å². The van der Waals surface area contributed by atoms with E-state index in [1.807, 2.05) is 7.05 Å².